The highest BCUT2D eigenvalue weighted by Gasteiger charge is 2.70. The fourth-order valence-corrected chi connectivity index (χ4v) is 8.36. The predicted molar refractivity (Wildman–Crippen MR) is 164 cm³/mol. The molecule has 3 saturated heterocycles. The molecule has 4 fully saturated rings. The number of nitrogen functional groups attached to an aromatic ring is 1. The van der Waals surface area contributed by atoms with Crippen LogP contribution in [0.25, 0.3) is 22.2 Å². The number of nitrogens with two attached hydrogens (primary N) is 1. The Balaban J connectivity index is 1.33. The van der Waals surface area contributed by atoms with Gasteiger partial charge in [-0.05, 0) is 50.4 Å². The molecule has 2 N–H and O–H groups in total. The number of esters is 1. The Kier molecular flexibility index (Phi) is 8.42. The number of pyridine rings is 1. The highest BCUT2D eigenvalue weighted by atomic mass is 19.4. The van der Waals surface area contributed by atoms with E-state index in [0.29, 0.717) is 13.0 Å². The summed E-state index contributed by atoms with van der Waals surface area (Å²) >= 11 is 0. The second-order valence-electron chi connectivity index (χ2n) is 13.8. The molecular formula is C33H30F9N7O3. The van der Waals surface area contributed by atoms with Crippen molar-refractivity contribution in [1.29, 1.82) is 5.26 Å². The summed E-state index contributed by atoms with van der Waals surface area (Å²) in [6, 6.07) is 3.04. The van der Waals surface area contributed by atoms with Gasteiger partial charge in [-0.25, -0.2) is 22.9 Å². The lowest BCUT2D eigenvalue weighted by molar-refractivity contribution is -0.208. The molecule has 3 aromatic rings. The molecule has 0 bridgehead atoms. The molecule has 3 aliphatic heterocycles. The quantitative estimate of drug-likeness (QED) is 0.235. The largest absolute Gasteiger partial charge is 0.490 e. The molecule has 0 amide bonds. The van der Waals surface area contributed by atoms with E-state index in [1.165, 1.54) is 4.90 Å². The standard InChI is InChI=1S/C33H30F9N7O3/c1-15-9-21(44)45-26(23(15)32(37,38)39)22-20(35)10-17-25(24(22)36)46-29(51-14-30-4-2-6-49(30)13-16(34)11-30)47-27(17)48-7-3-18-19(12-43)31(18,5-8-48)52-28(50)33(40,41)42/h9-10,16,18-19H,2-8,11,13-14H2,1H3,(H2,44,45)/t16-,18+,19-,30+,31-/m1/s1. The molecule has 7 rings (SSSR count). The summed E-state index contributed by atoms with van der Waals surface area (Å²) in [4.78, 5) is 27.4. The third-order valence-corrected chi connectivity index (χ3v) is 10.7. The third-order valence-electron chi connectivity index (χ3n) is 10.7. The third kappa shape index (κ3) is 5.88. The SMILES string of the molecule is Cc1cc(N)nc(-c2c(F)cc3c(N4CC[C@H]5[C@@H](C#N)[C@@]5(OC(=O)C(F)(F)F)CC4)nc(OC[C@@]45CCCN4C[C@H](F)C5)nc3c2F)c1C(F)(F)F. The van der Waals surface area contributed by atoms with Gasteiger partial charge in [-0.2, -0.15) is 41.6 Å². The van der Waals surface area contributed by atoms with Gasteiger partial charge < -0.3 is 20.1 Å². The molecule has 1 aliphatic carbocycles. The molecule has 2 aromatic heterocycles. The topological polar surface area (TPSA) is 130 Å². The average Bonchev–Trinajstić information content (AvgIpc) is 3.35. The van der Waals surface area contributed by atoms with Crippen molar-refractivity contribution in [2.45, 2.75) is 68.7 Å². The number of anilines is 2. The smallest absolute Gasteiger partial charge is 0.461 e. The number of carbonyl (C=O) groups excluding carboxylic acids is 1. The predicted octanol–water partition coefficient (Wildman–Crippen LogP) is 6.05. The molecule has 10 nitrogen and oxygen atoms in total. The van der Waals surface area contributed by atoms with Gasteiger partial charge in [0.1, 0.15) is 41.3 Å². The van der Waals surface area contributed by atoms with Crippen LogP contribution in [0.3, 0.4) is 0 Å². The zero-order chi connectivity index (χ0) is 37.5. The van der Waals surface area contributed by atoms with Crippen molar-refractivity contribution in [1.82, 2.24) is 19.9 Å². The number of carbonyl (C=O) groups is 1. The Hall–Kier alpha value is -4.60. The van der Waals surface area contributed by atoms with E-state index in [2.05, 4.69) is 15.0 Å². The monoisotopic (exact) mass is 743 g/mol. The maximum absolute atomic E-state index is 16.6. The lowest BCUT2D eigenvalue weighted by atomic mass is 9.95. The van der Waals surface area contributed by atoms with Crippen LogP contribution in [0.4, 0.5) is 51.1 Å². The Morgan fingerprint density at radius 1 is 1.10 bits per heavy atom. The van der Waals surface area contributed by atoms with Crippen LogP contribution in [0.2, 0.25) is 0 Å². The fraction of sp³-hybridized carbons (Fsp3) is 0.545. The second-order valence-corrected chi connectivity index (χ2v) is 13.8. The van der Waals surface area contributed by atoms with Crippen LogP contribution in [0.5, 0.6) is 6.01 Å². The fourth-order valence-electron chi connectivity index (χ4n) is 8.36. The Labute approximate surface area is 289 Å². The number of hydrogen-bond acceptors (Lipinski definition) is 10. The van der Waals surface area contributed by atoms with E-state index >= 15 is 8.78 Å². The zero-order valence-corrected chi connectivity index (χ0v) is 27.3. The van der Waals surface area contributed by atoms with Crippen LogP contribution in [0.1, 0.15) is 43.2 Å². The summed E-state index contributed by atoms with van der Waals surface area (Å²) < 4.78 is 140. The number of fused-ring (bicyclic) bond motifs is 3. The highest BCUT2D eigenvalue weighted by Crippen LogP contribution is 2.59. The Bertz CT molecular complexity index is 2000. The maximum atomic E-state index is 16.6. The van der Waals surface area contributed by atoms with Crippen LogP contribution in [-0.4, -0.2) is 82.1 Å². The van der Waals surface area contributed by atoms with Crippen LogP contribution in [0.15, 0.2) is 12.1 Å². The molecule has 19 heteroatoms. The first kappa shape index (κ1) is 35.8. The van der Waals surface area contributed by atoms with Crippen molar-refractivity contribution in [2.24, 2.45) is 11.8 Å². The molecule has 5 heterocycles. The summed E-state index contributed by atoms with van der Waals surface area (Å²) in [6.07, 6.45) is -10.4. The minimum atomic E-state index is -5.32. The molecule has 278 valence electrons. The first-order valence-electron chi connectivity index (χ1n) is 16.4. The lowest BCUT2D eigenvalue weighted by Crippen LogP contribution is -2.43. The summed E-state index contributed by atoms with van der Waals surface area (Å²) in [5.41, 5.74) is -1.60. The van der Waals surface area contributed by atoms with E-state index in [-0.39, 0.29) is 56.7 Å². The van der Waals surface area contributed by atoms with E-state index in [9.17, 15) is 40.8 Å². The lowest BCUT2D eigenvalue weighted by Gasteiger charge is -2.31. The van der Waals surface area contributed by atoms with Crippen molar-refractivity contribution in [3.63, 3.8) is 0 Å². The molecule has 0 radical (unpaired) electrons. The van der Waals surface area contributed by atoms with Gasteiger partial charge in [-0.1, -0.05) is 0 Å². The van der Waals surface area contributed by atoms with Crippen LogP contribution in [-0.2, 0) is 15.7 Å². The number of nitrogens with zero attached hydrogens (tertiary/aromatic N) is 6. The van der Waals surface area contributed by atoms with E-state index < -0.39 is 98.8 Å². The van der Waals surface area contributed by atoms with Crippen LogP contribution < -0.4 is 15.4 Å². The van der Waals surface area contributed by atoms with Crippen molar-refractivity contribution in [2.75, 3.05) is 43.4 Å². The van der Waals surface area contributed by atoms with Gasteiger partial charge in [0, 0.05) is 43.8 Å². The molecular weight excluding hydrogens is 713 g/mol. The van der Waals surface area contributed by atoms with Crippen molar-refractivity contribution < 1.29 is 53.8 Å². The van der Waals surface area contributed by atoms with E-state index in [1.54, 1.807) is 0 Å². The summed E-state index contributed by atoms with van der Waals surface area (Å²) in [5.74, 6) is -7.92. The van der Waals surface area contributed by atoms with Gasteiger partial charge in [0.15, 0.2) is 5.82 Å². The molecule has 52 heavy (non-hydrogen) atoms. The second kappa shape index (κ2) is 12.2. The number of aryl methyl sites for hydroxylation is 1. The van der Waals surface area contributed by atoms with Crippen molar-refractivity contribution in [3.8, 4) is 23.3 Å². The molecule has 1 saturated carbocycles. The minimum Gasteiger partial charge on any atom is -0.461 e. The number of aromatic nitrogens is 3. The number of rotatable bonds is 6. The van der Waals surface area contributed by atoms with Gasteiger partial charge in [-0.3, -0.25) is 4.90 Å². The highest BCUT2D eigenvalue weighted by molar-refractivity contribution is 5.94. The van der Waals surface area contributed by atoms with Crippen LogP contribution in [0, 0.1) is 41.7 Å². The Morgan fingerprint density at radius 3 is 2.54 bits per heavy atom. The van der Waals surface area contributed by atoms with Gasteiger partial charge in [0.05, 0.1) is 34.3 Å². The summed E-state index contributed by atoms with van der Waals surface area (Å²) in [7, 11) is 0. The number of ether oxygens (including phenoxy) is 2. The molecule has 1 aromatic carbocycles. The number of benzene rings is 1. The molecule has 5 atom stereocenters. The van der Waals surface area contributed by atoms with Crippen molar-refractivity contribution >= 4 is 28.5 Å². The van der Waals surface area contributed by atoms with Crippen LogP contribution >= 0.6 is 0 Å². The molecule has 0 spiro atoms. The van der Waals surface area contributed by atoms with E-state index in [1.807, 2.05) is 11.0 Å². The molecule has 0 unspecified atom stereocenters. The maximum Gasteiger partial charge on any atom is 0.490 e. The zero-order valence-electron chi connectivity index (χ0n) is 27.3. The number of nitriles is 1. The first-order valence-corrected chi connectivity index (χ1v) is 16.4. The Morgan fingerprint density at radius 2 is 1.85 bits per heavy atom. The molecule has 4 aliphatic rings. The number of hydrogen-bond donors (Lipinski definition) is 1. The van der Waals surface area contributed by atoms with Gasteiger partial charge in [-0.15, -0.1) is 0 Å². The van der Waals surface area contributed by atoms with Crippen molar-refractivity contribution in [3.05, 3.63) is 34.9 Å². The minimum absolute atomic E-state index is 0.00545. The normalized spacial score (nSPS) is 27.6. The van der Waals surface area contributed by atoms with E-state index in [4.69, 9.17) is 15.2 Å². The van der Waals surface area contributed by atoms with E-state index in [0.717, 1.165) is 25.5 Å². The van der Waals surface area contributed by atoms with Gasteiger partial charge >= 0.3 is 24.3 Å². The number of alkyl halides is 7. The van der Waals surface area contributed by atoms with Gasteiger partial charge in [0.25, 0.3) is 0 Å². The first-order chi connectivity index (χ1) is 24.4. The number of halogens is 9. The summed E-state index contributed by atoms with van der Waals surface area (Å²) in [6.45, 7) is 1.45. The van der Waals surface area contributed by atoms with Gasteiger partial charge in [0.2, 0.25) is 0 Å². The average molecular weight is 744 g/mol. The summed E-state index contributed by atoms with van der Waals surface area (Å²) in [5, 5.41) is 9.30.